The van der Waals surface area contributed by atoms with Gasteiger partial charge in [-0.3, -0.25) is 0 Å². The summed E-state index contributed by atoms with van der Waals surface area (Å²) in [6.07, 6.45) is 5.61. The van der Waals surface area contributed by atoms with Crippen molar-refractivity contribution in [3.8, 4) is 0 Å². The molecule has 0 spiro atoms. The monoisotopic (exact) mass is 222 g/mol. The van der Waals surface area contributed by atoms with Crippen LogP contribution in [-0.4, -0.2) is 18.3 Å². The first-order valence-electron chi connectivity index (χ1n) is 6.01. The van der Waals surface area contributed by atoms with Crippen LogP contribution >= 0.6 is 0 Å². The van der Waals surface area contributed by atoms with E-state index in [0.29, 0.717) is 0 Å². The molecule has 2 N–H and O–H groups in total. The molecule has 1 heterocycles. The maximum absolute atomic E-state index is 6.13. The van der Waals surface area contributed by atoms with Gasteiger partial charge in [-0.05, 0) is 44.7 Å². The van der Waals surface area contributed by atoms with E-state index in [9.17, 15) is 0 Å². The molecule has 0 radical (unpaired) electrons. The fraction of sp³-hybridized carbons (Fsp3) is 0.692. The molecule has 1 unspecified atom stereocenters. The number of rotatable bonds is 3. The van der Waals surface area contributed by atoms with Crippen molar-refractivity contribution in [2.75, 3.05) is 13.7 Å². The quantitative estimate of drug-likeness (QED) is 0.851. The van der Waals surface area contributed by atoms with Crippen LogP contribution in [0.4, 0.5) is 0 Å². The van der Waals surface area contributed by atoms with E-state index >= 15 is 0 Å². The number of methoxy groups -OCH3 is 1. The Labute approximate surface area is 97.6 Å². The zero-order valence-electron chi connectivity index (χ0n) is 10.5. The third-order valence-electron chi connectivity index (χ3n) is 3.51. The van der Waals surface area contributed by atoms with Crippen molar-refractivity contribution >= 4 is 0 Å². The minimum atomic E-state index is 0.0133. The van der Waals surface area contributed by atoms with Crippen LogP contribution in [0.5, 0.6) is 0 Å². The maximum Gasteiger partial charge on any atom is 0.0692 e. The number of hydrogen-bond acceptors (Lipinski definition) is 2. The Hall–Kier alpha value is -0.800. The molecule has 1 aliphatic rings. The van der Waals surface area contributed by atoms with Crippen molar-refractivity contribution < 1.29 is 4.74 Å². The second kappa shape index (κ2) is 4.22. The average molecular weight is 222 g/mol. The lowest BCUT2D eigenvalue weighted by Crippen LogP contribution is -2.33. The summed E-state index contributed by atoms with van der Waals surface area (Å²) >= 11 is 0. The number of nitrogens with zero attached hydrogens (tertiary/aromatic N) is 1. The standard InChI is InChI=1S/C13H22N2O/c1-13(2,9-16-3)15-8-7-10-11(14)5-4-6-12(10)15/h7-8,11H,4-6,9,14H2,1-3H3. The van der Waals surface area contributed by atoms with Crippen LogP contribution in [0, 0.1) is 0 Å². The molecule has 3 heteroatoms. The molecule has 1 aromatic rings. The summed E-state index contributed by atoms with van der Waals surface area (Å²) in [6.45, 7) is 5.14. The topological polar surface area (TPSA) is 40.2 Å². The molecule has 3 nitrogen and oxygen atoms in total. The predicted octanol–water partition coefficient (Wildman–Crippen LogP) is 2.21. The molecule has 1 atom stereocenters. The minimum Gasteiger partial charge on any atom is -0.382 e. The molecule has 0 amide bonds. The Balaban J connectivity index is 2.36. The summed E-state index contributed by atoms with van der Waals surface area (Å²) in [7, 11) is 1.75. The Morgan fingerprint density at radius 1 is 1.56 bits per heavy atom. The Bertz CT molecular complexity index is 368. The van der Waals surface area contributed by atoms with Crippen LogP contribution in [-0.2, 0) is 16.7 Å². The van der Waals surface area contributed by atoms with Crippen molar-refractivity contribution in [1.29, 1.82) is 0 Å². The molecular weight excluding hydrogens is 200 g/mol. The first-order chi connectivity index (χ1) is 7.56. The van der Waals surface area contributed by atoms with Crippen LogP contribution in [0.3, 0.4) is 0 Å². The van der Waals surface area contributed by atoms with E-state index in [2.05, 4.69) is 30.7 Å². The van der Waals surface area contributed by atoms with Gasteiger partial charge in [0.15, 0.2) is 0 Å². The van der Waals surface area contributed by atoms with E-state index < -0.39 is 0 Å². The largest absolute Gasteiger partial charge is 0.382 e. The highest BCUT2D eigenvalue weighted by Gasteiger charge is 2.27. The van der Waals surface area contributed by atoms with Crippen molar-refractivity contribution in [1.82, 2.24) is 4.57 Å². The number of fused-ring (bicyclic) bond motifs is 1. The second-order valence-electron chi connectivity index (χ2n) is 5.33. The van der Waals surface area contributed by atoms with Gasteiger partial charge in [0.05, 0.1) is 12.1 Å². The SMILES string of the molecule is COCC(C)(C)n1ccc2c1CCCC2N. The Morgan fingerprint density at radius 2 is 2.31 bits per heavy atom. The highest BCUT2D eigenvalue weighted by Crippen LogP contribution is 2.32. The molecule has 0 saturated heterocycles. The van der Waals surface area contributed by atoms with Crippen LogP contribution in [0.15, 0.2) is 12.3 Å². The number of ether oxygens (including phenoxy) is 1. The number of aromatic nitrogens is 1. The fourth-order valence-corrected chi connectivity index (χ4v) is 2.72. The summed E-state index contributed by atoms with van der Waals surface area (Å²) in [5.41, 5.74) is 8.88. The second-order valence-corrected chi connectivity index (χ2v) is 5.33. The van der Waals surface area contributed by atoms with E-state index in [4.69, 9.17) is 10.5 Å². The van der Waals surface area contributed by atoms with Crippen molar-refractivity contribution in [3.63, 3.8) is 0 Å². The summed E-state index contributed by atoms with van der Waals surface area (Å²) in [6, 6.07) is 2.40. The van der Waals surface area contributed by atoms with Gasteiger partial charge < -0.3 is 15.0 Å². The van der Waals surface area contributed by atoms with Gasteiger partial charge in [0.25, 0.3) is 0 Å². The van der Waals surface area contributed by atoms with E-state index in [-0.39, 0.29) is 11.6 Å². The van der Waals surface area contributed by atoms with E-state index in [1.54, 1.807) is 7.11 Å². The van der Waals surface area contributed by atoms with Crippen molar-refractivity contribution in [2.24, 2.45) is 5.73 Å². The molecule has 1 aromatic heterocycles. The first-order valence-corrected chi connectivity index (χ1v) is 6.01. The number of nitrogens with two attached hydrogens (primary N) is 1. The molecule has 0 saturated carbocycles. The van der Waals surface area contributed by atoms with Crippen LogP contribution in [0.1, 0.15) is 44.0 Å². The van der Waals surface area contributed by atoms with Gasteiger partial charge in [-0.15, -0.1) is 0 Å². The van der Waals surface area contributed by atoms with Crippen molar-refractivity contribution in [2.45, 2.75) is 44.7 Å². The lowest BCUT2D eigenvalue weighted by atomic mass is 9.93. The molecule has 0 fully saturated rings. The van der Waals surface area contributed by atoms with Gasteiger partial charge in [-0.1, -0.05) is 0 Å². The van der Waals surface area contributed by atoms with Crippen LogP contribution in [0.25, 0.3) is 0 Å². The summed E-state index contributed by atoms with van der Waals surface area (Å²) in [5.74, 6) is 0. The fourth-order valence-electron chi connectivity index (χ4n) is 2.72. The Kier molecular flexibility index (Phi) is 3.08. The Morgan fingerprint density at radius 3 is 3.00 bits per heavy atom. The lowest BCUT2D eigenvalue weighted by Gasteiger charge is -2.31. The van der Waals surface area contributed by atoms with Crippen LogP contribution < -0.4 is 5.73 Å². The van der Waals surface area contributed by atoms with Gasteiger partial charge in [0.1, 0.15) is 0 Å². The molecule has 0 bridgehead atoms. The van der Waals surface area contributed by atoms with E-state index in [0.717, 1.165) is 19.4 Å². The molecule has 0 aliphatic heterocycles. The smallest absolute Gasteiger partial charge is 0.0692 e. The van der Waals surface area contributed by atoms with E-state index in [1.807, 2.05) is 0 Å². The van der Waals surface area contributed by atoms with Gasteiger partial charge in [0, 0.05) is 25.0 Å². The average Bonchev–Trinajstić information content (AvgIpc) is 2.63. The predicted molar refractivity (Wildman–Crippen MR) is 65.5 cm³/mol. The molecule has 2 rings (SSSR count). The first kappa shape index (κ1) is 11.7. The van der Waals surface area contributed by atoms with Gasteiger partial charge in [0.2, 0.25) is 0 Å². The maximum atomic E-state index is 6.13. The summed E-state index contributed by atoms with van der Waals surface area (Å²) in [4.78, 5) is 0. The summed E-state index contributed by atoms with van der Waals surface area (Å²) in [5, 5.41) is 0. The zero-order chi connectivity index (χ0) is 11.8. The van der Waals surface area contributed by atoms with Gasteiger partial charge in [-0.2, -0.15) is 0 Å². The van der Waals surface area contributed by atoms with Gasteiger partial charge >= 0.3 is 0 Å². The highest BCUT2D eigenvalue weighted by atomic mass is 16.5. The molecular formula is C13H22N2O. The third-order valence-corrected chi connectivity index (χ3v) is 3.51. The highest BCUT2D eigenvalue weighted by molar-refractivity contribution is 5.29. The molecule has 90 valence electrons. The number of hydrogen-bond donors (Lipinski definition) is 1. The molecule has 1 aliphatic carbocycles. The van der Waals surface area contributed by atoms with E-state index in [1.165, 1.54) is 17.7 Å². The molecule has 0 aromatic carbocycles. The normalized spacial score (nSPS) is 20.9. The van der Waals surface area contributed by atoms with Gasteiger partial charge in [-0.25, -0.2) is 0 Å². The third kappa shape index (κ3) is 1.89. The lowest BCUT2D eigenvalue weighted by molar-refractivity contribution is 0.107. The molecule has 16 heavy (non-hydrogen) atoms. The van der Waals surface area contributed by atoms with Crippen molar-refractivity contribution in [3.05, 3.63) is 23.5 Å². The summed E-state index contributed by atoms with van der Waals surface area (Å²) < 4.78 is 7.63. The minimum absolute atomic E-state index is 0.0133. The van der Waals surface area contributed by atoms with Crippen LogP contribution in [0.2, 0.25) is 0 Å². The zero-order valence-corrected chi connectivity index (χ0v) is 10.5.